The van der Waals surface area contributed by atoms with Crippen molar-refractivity contribution in [1.82, 2.24) is 19.5 Å². The summed E-state index contributed by atoms with van der Waals surface area (Å²) >= 11 is 5.76. The van der Waals surface area contributed by atoms with E-state index >= 15 is 0 Å². The Morgan fingerprint density at radius 2 is 2.19 bits per heavy atom. The lowest BCUT2D eigenvalue weighted by molar-refractivity contribution is -0.0822. The number of halogens is 1. The minimum atomic E-state index is -1.31. The summed E-state index contributed by atoms with van der Waals surface area (Å²) in [6.07, 6.45) is -0.494. The van der Waals surface area contributed by atoms with E-state index in [0.29, 0.717) is 11.9 Å². The number of anilines is 1. The fraction of sp³-hybridized carbons (Fsp3) is 0.583. The monoisotopic (exact) mass is 313 g/mol. The highest BCUT2D eigenvalue weighted by Gasteiger charge is 2.58. The van der Waals surface area contributed by atoms with Crippen LogP contribution in [-0.4, -0.2) is 47.5 Å². The van der Waals surface area contributed by atoms with Gasteiger partial charge in [-0.1, -0.05) is 6.92 Å². The third kappa shape index (κ3) is 2.06. The highest BCUT2D eigenvalue weighted by Crippen LogP contribution is 2.56. The number of nitrogen functional groups attached to an aromatic ring is 1. The summed E-state index contributed by atoms with van der Waals surface area (Å²) in [6, 6.07) is 0. The van der Waals surface area contributed by atoms with Crippen LogP contribution in [0.15, 0.2) is 6.33 Å². The maximum atomic E-state index is 10.4. The van der Waals surface area contributed by atoms with E-state index < -0.39 is 17.7 Å². The molecule has 3 rings (SSSR count). The van der Waals surface area contributed by atoms with Gasteiger partial charge in [0, 0.05) is 5.41 Å². The molecule has 2 aromatic rings. The molecule has 0 saturated heterocycles. The van der Waals surface area contributed by atoms with Crippen LogP contribution in [0.3, 0.4) is 0 Å². The number of hydrogen-bond acceptors (Lipinski definition) is 7. The molecule has 0 aliphatic heterocycles. The molecule has 0 spiro atoms. The highest BCUT2D eigenvalue weighted by molar-refractivity contribution is 6.28. The Kier molecular flexibility index (Phi) is 3.28. The standard InChI is InChI=1S/C12H16ClN5O3/c1-5-2-12(5,3-19)7(20)10(21)18-4-15-6-8(14)16-11(13)17-9(6)18/h4-5,7,10,19-21H,2-3H2,1H3,(H2,14,16,17). The number of nitrogens with zero attached hydrogens (tertiary/aromatic N) is 4. The Morgan fingerprint density at radius 1 is 1.52 bits per heavy atom. The van der Waals surface area contributed by atoms with Crippen molar-refractivity contribution in [3.8, 4) is 0 Å². The van der Waals surface area contributed by atoms with Crippen LogP contribution >= 0.6 is 11.6 Å². The number of fused-ring (bicyclic) bond motifs is 1. The zero-order valence-electron chi connectivity index (χ0n) is 11.3. The van der Waals surface area contributed by atoms with Gasteiger partial charge in [0.25, 0.3) is 0 Å². The van der Waals surface area contributed by atoms with E-state index in [0.717, 1.165) is 0 Å². The van der Waals surface area contributed by atoms with E-state index in [4.69, 9.17) is 17.3 Å². The zero-order valence-corrected chi connectivity index (χ0v) is 12.1. The van der Waals surface area contributed by atoms with Crippen LogP contribution in [-0.2, 0) is 0 Å². The predicted molar refractivity (Wildman–Crippen MR) is 75.3 cm³/mol. The first-order valence-corrected chi connectivity index (χ1v) is 6.91. The zero-order chi connectivity index (χ0) is 15.4. The molecule has 5 N–H and O–H groups in total. The van der Waals surface area contributed by atoms with Gasteiger partial charge in [0.1, 0.15) is 11.6 Å². The van der Waals surface area contributed by atoms with Crippen LogP contribution in [0.1, 0.15) is 19.6 Å². The van der Waals surface area contributed by atoms with Gasteiger partial charge in [0.05, 0.1) is 12.9 Å². The van der Waals surface area contributed by atoms with Gasteiger partial charge < -0.3 is 21.1 Å². The molecule has 1 saturated carbocycles. The van der Waals surface area contributed by atoms with E-state index in [-0.39, 0.29) is 29.3 Å². The molecule has 21 heavy (non-hydrogen) atoms. The number of hydrogen-bond donors (Lipinski definition) is 4. The lowest BCUT2D eigenvalue weighted by Gasteiger charge is -2.26. The molecule has 2 heterocycles. The number of nitrogens with two attached hydrogens (primary N) is 1. The molecule has 1 aliphatic carbocycles. The van der Waals surface area contributed by atoms with Gasteiger partial charge >= 0.3 is 0 Å². The average Bonchev–Trinajstić information content (AvgIpc) is 2.92. The molecule has 1 fully saturated rings. The lowest BCUT2D eigenvalue weighted by Crippen LogP contribution is -2.36. The maximum Gasteiger partial charge on any atom is 0.226 e. The normalized spacial score (nSPS) is 27.8. The third-order valence-corrected chi connectivity index (χ3v) is 4.55. The van der Waals surface area contributed by atoms with E-state index in [2.05, 4.69) is 15.0 Å². The molecule has 4 unspecified atom stereocenters. The summed E-state index contributed by atoms with van der Waals surface area (Å²) in [5.41, 5.74) is 5.54. The topological polar surface area (TPSA) is 130 Å². The summed E-state index contributed by atoms with van der Waals surface area (Å²) in [6.45, 7) is 1.71. The first-order valence-electron chi connectivity index (χ1n) is 6.53. The van der Waals surface area contributed by atoms with Crippen LogP contribution in [0.25, 0.3) is 11.2 Å². The number of aliphatic hydroxyl groups excluding tert-OH is 3. The minimum absolute atomic E-state index is 0.0694. The molecule has 4 atom stereocenters. The molecule has 114 valence electrons. The summed E-state index contributed by atoms with van der Waals surface area (Å²) in [4.78, 5) is 11.8. The first-order chi connectivity index (χ1) is 9.90. The first kappa shape index (κ1) is 14.5. The molecule has 9 heteroatoms. The summed E-state index contributed by atoms with van der Waals surface area (Å²) in [5, 5.41) is 30.2. The Balaban J connectivity index is 2.01. The Hall–Kier alpha value is -1.48. The fourth-order valence-corrected chi connectivity index (χ4v) is 2.96. The van der Waals surface area contributed by atoms with Gasteiger partial charge in [-0.15, -0.1) is 0 Å². The lowest BCUT2D eigenvalue weighted by atomic mass is 9.96. The van der Waals surface area contributed by atoms with Crippen molar-refractivity contribution in [3.63, 3.8) is 0 Å². The van der Waals surface area contributed by atoms with Crippen LogP contribution in [0.5, 0.6) is 0 Å². The Morgan fingerprint density at radius 3 is 2.76 bits per heavy atom. The van der Waals surface area contributed by atoms with Gasteiger partial charge in [-0.25, -0.2) is 4.98 Å². The molecule has 2 aromatic heterocycles. The van der Waals surface area contributed by atoms with E-state index in [1.165, 1.54) is 10.9 Å². The summed E-state index contributed by atoms with van der Waals surface area (Å²) in [5.74, 6) is 0.229. The van der Waals surface area contributed by atoms with E-state index in [1.807, 2.05) is 6.92 Å². The van der Waals surface area contributed by atoms with Crippen LogP contribution in [0.2, 0.25) is 5.28 Å². The van der Waals surface area contributed by atoms with Gasteiger partial charge in [0.15, 0.2) is 17.7 Å². The predicted octanol–water partition coefficient (Wildman–Crippen LogP) is -0.0678. The molecule has 0 bridgehead atoms. The van der Waals surface area contributed by atoms with Crippen molar-refractivity contribution in [1.29, 1.82) is 0 Å². The molecule has 0 amide bonds. The number of aromatic nitrogens is 4. The van der Waals surface area contributed by atoms with Gasteiger partial charge in [-0.3, -0.25) is 4.57 Å². The second-order valence-electron chi connectivity index (χ2n) is 5.56. The quantitative estimate of drug-likeness (QED) is 0.581. The molecule has 8 nitrogen and oxygen atoms in total. The van der Waals surface area contributed by atoms with Crippen molar-refractivity contribution in [2.45, 2.75) is 25.7 Å². The molecule has 1 aliphatic rings. The number of rotatable bonds is 4. The maximum absolute atomic E-state index is 10.4. The van der Waals surface area contributed by atoms with Gasteiger partial charge in [-0.05, 0) is 23.9 Å². The van der Waals surface area contributed by atoms with Crippen molar-refractivity contribution < 1.29 is 15.3 Å². The number of aliphatic hydroxyl groups is 3. The van der Waals surface area contributed by atoms with Crippen LogP contribution in [0, 0.1) is 11.3 Å². The molecule has 0 radical (unpaired) electrons. The smallest absolute Gasteiger partial charge is 0.226 e. The second kappa shape index (κ2) is 4.77. The molecule has 0 aromatic carbocycles. The average molecular weight is 314 g/mol. The summed E-state index contributed by atoms with van der Waals surface area (Å²) < 4.78 is 1.28. The third-order valence-electron chi connectivity index (χ3n) is 4.38. The largest absolute Gasteiger partial charge is 0.396 e. The Bertz CT molecular complexity index is 689. The van der Waals surface area contributed by atoms with Crippen molar-refractivity contribution in [2.24, 2.45) is 11.3 Å². The molecular formula is C12H16ClN5O3. The number of imidazole rings is 1. The van der Waals surface area contributed by atoms with Crippen molar-refractivity contribution in [2.75, 3.05) is 12.3 Å². The van der Waals surface area contributed by atoms with Crippen LogP contribution < -0.4 is 5.73 Å². The summed E-state index contributed by atoms with van der Waals surface area (Å²) in [7, 11) is 0. The highest BCUT2D eigenvalue weighted by atomic mass is 35.5. The van der Waals surface area contributed by atoms with E-state index in [9.17, 15) is 15.3 Å². The second-order valence-corrected chi connectivity index (χ2v) is 5.89. The van der Waals surface area contributed by atoms with Gasteiger partial charge in [0.2, 0.25) is 5.28 Å². The minimum Gasteiger partial charge on any atom is -0.396 e. The molecular weight excluding hydrogens is 298 g/mol. The van der Waals surface area contributed by atoms with Crippen molar-refractivity contribution in [3.05, 3.63) is 11.6 Å². The van der Waals surface area contributed by atoms with Gasteiger partial charge in [-0.2, -0.15) is 9.97 Å². The fourth-order valence-electron chi connectivity index (χ4n) is 2.79. The SMILES string of the molecule is CC1CC1(CO)C(O)C(O)n1cnc2c(N)nc(Cl)nc21. The Labute approximate surface area is 125 Å². The van der Waals surface area contributed by atoms with E-state index in [1.54, 1.807) is 0 Å². The van der Waals surface area contributed by atoms with Crippen molar-refractivity contribution >= 4 is 28.6 Å². The van der Waals surface area contributed by atoms with Crippen LogP contribution in [0.4, 0.5) is 5.82 Å².